The van der Waals surface area contributed by atoms with E-state index >= 15 is 0 Å². The minimum Gasteiger partial charge on any atom is -0.481 e. The maximum Gasteiger partial charge on any atom is 0.303 e. The van der Waals surface area contributed by atoms with Crippen LogP contribution in [0, 0.1) is 52.2 Å². The van der Waals surface area contributed by atoms with Gasteiger partial charge in [0.05, 0.1) is 13.6 Å². The van der Waals surface area contributed by atoms with Crippen LogP contribution in [0.3, 0.4) is 0 Å². The molecular formula is C26H44O4. The van der Waals surface area contributed by atoms with Gasteiger partial charge in [0, 0.05) is 11.9 Å². The lowest BCUT2D eigenvalue weighted by molar-refractivity contribution is -0.203. The third kappa shape index (κ3) is 3.36. The second-order valence-electron chi connectivity index (χ2n) is 11.5. The van der Waals surface area contributed by atoms with Gasteiger partial charge in [-0.25, -0.2) is 0 Å². The number of carbonyl (C=O) groups is 1. The van der Waals surface area contributed by atoms with E-state index in [0.717, 1.165) is 25.7 Å². The largest absolute Gasteiger partial charge is 0.481 e. The summed E-state index contributed by atoms with van der Waals surface area (Å²) in [6, 6.07) is 0. The molecule has 3 N–H and O–H groups in total. The van der Waals surface area contributed by atoms with Crippen molar-refractivity contribution in [1.82, 2.24) is 0 Å². The van der Waals surface area contributed by atoms with Gasteiger partial charge in [-0.05, 0) is 104 Å². The monoisotopic (exact) mass is 425 g/mol. The maximum absolute atomic E-state index is 12.0. The van der Waals surface area contributed by atoms with Crippen LogP contribution in [0.2, 0.25) is 0 Å². The van der Waals surface area contributed by atoms with Crippen molar-refractivity contribution in [3.8, 4) is 0 Å². The molecule has 0 aromatic rings. The zero-order chi connectivity index (χ0) is 26.2. The lowest BCUT2D eigenvalue weighted by Gasteiger charge is -2.64. The van der Waals surface area contributed by atoms with E-state index in [4.69, 9.17) is 4.11 Å². The van der Waals surface area contributed by atoms with Gasteiger partial charge >= 0.3 is 5.97 Å². The molecule has 0 amide bonds. The number of hydrogen-bond acceptors (Lipinski definition) is 3. The third-order valence-electron chi connectivity index (χ3n) is 10.3. The van der Waals surface area contributed by atoms with Crippen LogP contribution >= 0.6 is 0 Å². The van der Waals surface area contributed by atoms with Gasteiger partial charge in [0.1, 0.15) is 0 Å². The average Bonchev–Trinajstić information content (AvgIpc) is 3.07. The van der Waals surface area contributed by atoms with Gasteiger partial charge in [0.2, 0.25) is 0 Å². The fraction of sp³-hybridized carbons (Fsp3) is 0.962. The topological polar surface area (TPSA) is 77.8 Å². The van der Waals surface area contributed by atoms with Crippen LogP contribution in [-0.2, 0) is 4.79 Å². The smallest absolute Gasteiger partial charge is 0.303 e. The molecule has 0 bridgehead atoms. The fourth-order valence-electron chi connectivity index (χ4n) is 8.69. The summed E-state index contributed by atoms with van der Waals surface area (Å²) in [5.41, 5.74) is -0.578. The zero-order valence-corrected chi connectivity index (χ0v) is 18.9. The molecule has 0 spiro atoms. The predicted octanol–water partition coefficient (Wildman–Crippen LogP) is 5.11. The molecule has 0 unspecified atom stereocenters. The van der Waals surface area contributed by atoms with E-state index in [-0.39, 0.29) is 41.9 Å². The Morgan fingerprint density at radius 1 is 1.10 bits per heavy atom. The molecule has 4 heteroatoms. The molecule has 4 aliphatic rings. The molecule has 4 saturated carbocycles. The Hall–Kier alpha value is -0.610. The first kappa shape index (κ1) is 16.9. The Balaban J connectivity index is 1.75. The number of carboxylic acids is 1. The van der Waals surface area contributed by atoms with Crippen LogP contribution in [0.15, 0.2) is 0 Å². The zero-order valence-electron chi connectivity index (χ0n) is 23.9. The standard InChI is InChI=1S/C26H44O4/c1-5-17-21-14-16(27)10-12-26(21,4)20-11-13-25(3)18(15(2)6-9-22(28)29)7-8-19(25)23(20)24(17)30/h15-21,23-24,27,30H,5-14H2,1-4H3,(H,28,29)/t15-,16-,17+,18-,19+,20+,21+,23+,24-,25-,26-/m1/s1/i1D3,17D,24D. The Kier molecular flexibility index (Phi) is 4.56. The number of rotatable bonds is 5. The summed E-state index contributed by atoms with van der Waals surface area (Å²) >= 11 is 0. The van der Waals surface area contributed by atoms with Crippen molar-refractivity contribution in [1.29, 1.82) is 0 Å². The van der Waals surface area contributed by atoms with Crippen molar-refractivity contribution >= 4 is 5.97 Å². The van der Waals surface area contributed by atoms with E-state index in [1.807, 2.05) is 0 Å². The lowest BCUT2D eigenvalue weighted by Crippen LogP contribution is -2.62. The Morgan fingerprint density at radius 3 is 2.50 bits per heavy atom. The van der Waals surface area contributed by atoms with Crippen molar-refractivity contribution in [2.75, 3.05) is 0 Å². The number of fused-ring (bicyclic) bond motifs is 5. The average molecular weight is 426 g/mol. The van der Waals surface area contributed by atoms with E-state index in [2.05, 4.69) is 20.8 Å². The highest BCUT2D eigenvalue weighted by Gasteiger charge is 2.64. The summed E-state index contributed by atoms with van der Waals surface area (Å²) < 4.78 is 42.9. The summed E-state index contributed by atoms with van der Waals surface area (Å²) in [6.45, 7) is 4.01. The molecule has 0 radical (unpaired) electrons. The number of aliphatic carboxylic acids is 1. The number of carboxylic acid groups (broad SMARTS) is 1. The van der Waals surface area contributed by atoms with Crippen molar-refractivity contribution in [3.63, 3.8) is 0 Å². The minimum absolute atomic E-state index is 0.00345. The van der Waals surface area contributed by atoms with Gasteiger partial charge in [-0.1, -0.05) is 34.0 Å². The van der Waals surface area contributed by atoms with Crippen LogP contribution in [0.25, 0.3) is 0 Å². The predicted molar refractivity (Wildman–Crippen MR) is 118 cm³/mol. The van der Waals surface area contributed by atoms with Gasteiger partial charge in [0.25, 0.3) is 0 Å². The summed E-state index contributed by atoms with van der Waals surface area (Å²) in [5.74, 6) is -3.28. The normalized spacial score (nSPS) is 59.3. The van der Waals surface area contributed by atoms with Crippen LogP contribution in [-0.4, -0.2) is 33.5 Å². The maximum atomic E-state index is 12.0. The fourth-order valence-corrected chi connectivity index (χ4v) is 8.69. The third-order valence-corrected chi connectivity index (χ3v) is 10.3. The van der Waals surface area contributed by atoms with Crippen molar-refractivity contribution in [2.45, 2.75) is 104 Å². The molecule has 0 saturated heterocycles. The van der Waals surface area contributed by atoms with Crippen LogP contribution < -0.4 is 0 Å². The Morgan fingerprint density at radius 2 is 1.80 bits per heavy atom. The molecule has 30 heavy (non-hydrogen) atoms. The van der Waals surface area contributed by atoms with Gasteiger partial charge in [-0.3, -0.25) is 4.79 Å². The number of hydrogen-bond donors (Lipinski definition) is 3. The highest BCUT2D eigenvalue weighted by molar-refractivity contribution is 5.66. The lowest BCUT2D eigenvalue weighted by atomic mass is 9.41. The van der Waals surface area contributed by atoms with Crippen LogP contribution in [0.4, 0.5) is 0 Å². The second-order valence-corrected chi connectivity index (χ2v) is 11.5. The second kappa shape index (κ2) is 8.06. The Bertz CT molecular complexity index is 833. The molecule has 0 heterocycles. The first-order chi connectivity index (χ1) is 16.0. The highest BCUT2D eigenvalue weighted by atomic mass is 16.4. The number of aliphatic hydroxyl groups excluding tert-OH is 1. The minimum atomic E-state index is -2.46. The van der Waals surface area contributed by atoms with Crippen LogP contribution in [0.1, 0.15) is 98.7 Å². The molecule has 11 atom stereocenters. The van der Waals surface area contributed by atoms with E-state index in [1.54, 1.807) is 0 Å². The molecule has 4 rings (SSSR count). The van der Waals surface area contributed by atoms with E-state index in [0.29, 0.717) is 19.3 Å². The molecule has 4 fully saturated rings. The molecule has 4 nitrogen and oxygen atoms in total. The van der Waals surface area contributed by atoms with Gasteiger partial charge < -0.3 is 15.3 Å². The van der Waals surface area contributed by atoms with E-state index < -0.39 is 54.6 Å². The van der Waals surface area contributed by atoms with E-state index in [9.17, 15) is 22.9 Å². The molecule has 172 valence electrons. The molecule has 0 aliphatic heterocycles. The SMILES string of the molecule is [2H]C([2H])([2H])C[C@@]1([2H])[C@@H]2C[C@H](O)CC[C@]2(C)[C@H]2CC[C@]3(C)[C@@H]([C@H](C)CCC(=O)O)CC[C@H]3[C@@H]2[C@]1([2H])O. The molecular weight excluding hydrogens is 376 g/mol. The number of aliphatic hydroxyl groups is 2. The van der Waals surface area contributed by atoms with Gasteiger partial charge in [-0.15, -0.1) is 0 Å². The van der Waals surface area contributed by atoms with Gasteiger partial charge in [0.15, 0.2) is 0 Å². The summed E-state index contributed by atoms with van der Waals surface area (Å²) in [5, 5.41) is 31.7. The highest BCUT2D eigenvalue weighted by Crippen LogP contribution is 2.69. The van der Waals surface area contributed by atoms with E-state index in [1.165, 1.54) is 0 Å². The summed E-state index contributed by atoms with van der Waals surface area (Å²) in [7, 11) is 0. The summed E-state index contributed by atoms with van der Waals surface area (Å²) in [6.07, 6.45) is 2.31. The van der Waals surface area contributed by atoms with Gasteiger partial charge in [-0.2, -0.15) is 0 Å². The first-order valence-corrected chi connectivity index (χ1v) is 12.1. The molecule has 0 aromatic heterocycles. The quantitative estimate of drug-likeness (QED) is 0.572. The van der Waals surface area contributed by atoms with Crippen LogP contribution in [0.5, 0.6) is 0 Å². The Labute approximate surface area is 189 Å². The molecule has 4 aliphatic carbocycles. The summed E-state index contributed by atoms with van der Waals surface area (Å²) in [4.78, 5) is 11.2. The first-order valence-electron chi connectivity index (χ1n) is 14.6. The van der Waals surface area contributed by atoms with Crippen molar-refractivity contribution < 1.29 is 27.0 Å². The molecule has 0 aromatic carbocycles. The van der Waals surface area contributed by atoms with Crippen molar-refractivity contribution in [3.05, 3.63) is 0 Å². The van der Waals surface area contributed by atoms with Crippen molar-refractivity contribution in [2.24, 2.45) is 52.2 Å².